The zero-order valence-electron chi connectivity index (χ0n) is 17.2. The van der Waals surface area contributed by atoms with Gasteiger partial charge in [0.05, 0.1) is 26.0 Å². The monoisotopic (exact) mass is 532 g/mol. The molecule has 1 N–H and O–H groups in total. The molecule has 0 aliphatic heterocycles. The fourth-order valence-corrected chi connectivity index (χ4v) is 3.57. The van der Waals surface area contributed by atoms with E-state index < -0.39 is 27.1 Å². The quantitative estimate of drug-likeness (QED) is 0.152. The number of ether oxygens (including phenoxy) is 1. The minimum absolute atomic E-state index is 0.0936. The number of nitro benzene ring substituents is 2. The van der Waals surface area contributed by atoms with Crippen molar-refractivity contribution >= 4 is 63.8 Å². The van der Waals surface area contributed by atoms with E-state index in [1.165, 1.54) is 24.3 Å². The van der Waals surface area contributed by atoms with Crippen molar-refractivity contribution in [3.63, 3.8) is 0 Å². The third-order valence-electron chi connectivity index (χ3n) is 4.34. The number of benzene rings is 3. The Bertz CT molecular complexity index is 1410. The molecule has 1 amide bonds. The predicted octanol–water partition coefficient (Wildman–Crippen LogP) is 6.80. The van der Waals surface area contributed by atoms with E-state index in [1.807, 2.05) is 0 Å². The molecule has 10 nitrogen and oxygen atoms in total. The summed E-state index contributed by atoms with van der Waals surface area (Å²) in [7, 11) is 0. The molecule has 13 heteroatoms. The van der Waals surface area contributed by atoms with Crippen LogP contribution in [0.1, 0.15) is 5.56 Å². The largest absolute Gasteiger partial charge is 0.447 e. The lowest BCUT2D eigenvalue weighted by Crippen LogP contribution is -2.13. The van der Waals surface area contributed by atoms with Crippen LogP contribution in [-0.4, -0.2) is 15.8 Å². The van der Waals surface area contributed by atoms with Crippen LogP contribution in [0, 0.1) is 31.6 Å². The minimum Gasteiger partial charge on any atom is -0.447 e. The second-order valence-corrected chi connectivity index (χ2v) is 7.97. The van der Waals surface area contributed by atoms with E-state index in [0.29, 0.717) is 10.7 Å². The summed E-state index contributed by atoms with van der Waals surface area (Å²) in [6.07, 6.45) is 1.23. The van der Waals surface area contributed by atoms with Gasteiger partial charge in [-0.25, -0.2) is 0 Å². The molecule has 0 spiro atoms. The number of hydrogen-bond donors (Lipinski definition) is 1. The molecule has 3 aromatic carbocycles. The van der Waals surface area contributed by atoms with E-state index in [-0.39, 0.29) is 32.7 Å². The molecule has 0 aliphatic carbocycles. The summed E-state index contributed by atoms with van der Waals surface area (Å²) in [6, 6.07) is 13.6. The molecule has 0 saturated carbocycles. The van der Waals surface area contributed by atoms with Crippen LogP contribution in [-0.2, 0) is 4.79 Å². The summed E-state index contributed by atoms with van der Waals surface area (Å²) in [5.74, 6) is -1.19. The van der Waals surface area contributed by atoms with Gasteiger partial charge >= 0.3 is 5.69 Å². The average molecular weight is 534 g/mol. The maximum Gasteiger partial charge on any atom is 0.318 e. The van der Waals surface area contributed by atoms with Crippen LogP contribution in [0.25, 0.3) is 6.08 Å². The minimum atomic E-state index is -0.848. The van der Waals surface area contributed by atoms with Gasteiger partial charge in [0.2, 0.25) is 5.75 Å². The van der Waals surface area contributed by atoms with E-state index in [1.54, 1.807) is 24.3 Å². The number of carbonyl (C=O) groups is 1. The molecule has 0 bridgehead atoms. The molecule has 0 aliphatic rings. The van der Waals surface area contributed by atoms with E-state index in [0.717, 1.165) is 18.2 Å². The Hall–Kier alpha value is -4.17. The highest BCUT2D eigenvalue weighted by atomic mass is 35.5. The Balaban J connectivity index is 1.90. The van der Waals surface area contributed by atoms with Crippen LogP contribution < -0.4 is 10.1 Å². The summed E-state index contributed by atoms with van der Waals surface area (Å²) in [4.78, 5) is 33.1. The molecule has 0 aromatic heterocycles. The van der Waals surface area contributed by atoms with Crippen molar-refractivity contribution in [3.05, 3.63) is 101 Å². The van der Waals surface area contributed by atoms with Crippen LogP contribution >= 0.6 is 34.8 Å². The normalized spacial score (nSPS) is 10.9. The standard InChI is InChI=1S/C22H11Cl3N4O6/c23-14-2-1-3-15(9-14)27-22(30)13(11-26)6-12-7-17(24)21(18(25)8-12)35-20-5-4-16(28(31)32)10-19(20)29(33)34/h1-10H,(H,27,30)/b13-6+. The first-order chi connectivity index (χ1) is 16.6. The number of carbonyl (C=O) groups excluding carboxylic acids is 1. The highest BCUT2D eigenvalue weighted by molar-refractivity contribution is 6.37. The third-order valence-corrected chi connectivity index (χ3v) is 5.14. The van der Waals surface area contributed by atoms with Gasteiger partial charge in [-0.2, -0.15) is 5.26 Å². The van der Waals surface area contributed by atoms with Crippen molar-refractivity contribution < 1.29 is 19.4 Å². The highest BCUT2D eigenvalue weighted by Gasteiger charge is 2.23. The molecule has 0 atom stereocenters. The van der Waals surface area contributed by atoms with Crippen LogP contribution in [0.15, 0.2) is 60.2 Å². The molecule has 0 unspecified atom stereocenters. The van der Waals surface area contributed by atoms with Gasteiger partial charge < -0.3 is 10.1 Å². The van der Waals surface area contributed by atoms with Crippen molar-refractivity contribution in [2.75, 3.05) is 5.32 Å². The molecule has 3 aromatic rings. The predicted molar refractivity (Wildman–Crippen MR) is 130 cm³/mol. The van der Waals surface area contributed by atoms with Crippen molar-refractivity contribution in [2.24, 2.45) is 0 Å². The summed E-state index contributed by atoms with van der Waals surface area (Å²) in [5, 5.41) is 34.4. The third kappa shape index (κ3) is 6.24. The summed E-state index contributed by atoms with van der Waals surface area (Å²) in [6.45, 7) is 0. The number of halogens is 3. The van der Waals surface area contributed by atoms with E-state index in [4.69, 9.17) is 39.5 Å². The highest BCUT2D eigenvalue weighted by Crippen LogP contribution is 2.41. The van der Waals surface area contributed by atoms with Gasteiger partial charge in [0.1, 0.15) is 11.6 Å². The molecule has 35 heavy (non-hydrogen) atoms. The van der Waals surface area contributed by atoms with E-state index in [9.17, 15) is 30.3 Å². The Morgan fingerprint density at radius 1 is 1.00 bits per heavy atom. The fourth-order valence-electron chi connectivity index (χ4n) is 2.80. The number of nitro groups is 2. The molecule has 0 saturated heterocycles. The average Bonchev–Trinajstić information content (AvgIpc) is 2.79. The summed E-state index contributed by atoms with van der Waals surface area (Å²) >= 11 is 18.4. The van der Waals surface area contributed by atoms with Gasteiger partial charge in [0.25, 0.3) is 11.6 Å². The van der Waals surface area contributed by atoms with Crippen LogP contribution in [0.2, 0.25) is 15.1 Å². The van der Waals surface area contributed by atoms with Gasteiger partial charge in [-0.15, -0.1) is 0 Å². The van der Waals surface area contributed by atoms with Gasteiger partial charge in [-0.3, -0.25) is 25.0 Å². The first-order valence-electron chi connectivity index (χ1n) is 9.37. The molecule has 0 radical (unpaired) electrons. The van der Waals surface area contributed by atoms with Crippen LogP contribution in [0.3, 0.4) is 0 Å². The lowest BCUT2D eigenvalue weighted by molar-refractivity contribution is -0.394. The Morgan fingerprint density at radius 3 is 2.26 bits per heavy atom. The first kappa shape index (κ1) is 25.5. The smallest absolute Gasteiger partial charge is 0.318 e. The summed E-state index contributed by atoms with van der Waals surface area (Å²) in [5.41, 5.74) is -0.783. The van der Waals surface area contributed by atoms with E-state index in [2.05, 4.69) is 5.32 Å². The van der Waals surface area contributed by atoms with Gasteiger partial charge in [0, 0.05) is 16.8 Å². The van der Waals surface area contributed by atoms with Crippen LogP contribution in [0.4, 0.5) is 17.1 Å². The van der Waals surface area contributed by atoms with Gasteiger partial charge in [-0.05, 0) is 48.0 Å². The molecule has 176 valence electrons. The number of anilines is 1. The molecular formula is C22H11Cl3N4O6. The van der Waals surface area contributed by atoms with Gasteiger partial charge in [-0.1, -0.05) is 40.9 Å². The van der Waals surface area contributed by atoms with Crippen molar-refractivity contribution in [2.45, 2.75) is 0 Å². The molecular weight excluding hydrogens is 523 g/mol. The lowest BCUT2D eigenvalue weighted by atomic mass is 10.1. The van der Waals surface area contributed by atoms with Crippen molar-refractivity contribution in [1.29, 1.82) is 5.26 Å². The fraction of sp³-hybridized carbons (Fsp3) is 0. The Labute approximate surface area is 212 Å². The molecule has 0 heterocycles. The number of amides is 1. The maximum atomic E-state index is 12.5. The van der Waals surface area contributed by atoms with Crippen molar-refractivity contribution in [1.82, 2.24) is 0 Å². The molecule has 3 rings (SSSR count). The van der Waals surface area contributed by atoms with Crippen molar-refractivity contribution in [3.8, 4) is 17.6 Å². The SMILES string of the molecule is N#C/C(=C\c1cc(Cl)c(Oc2ccc([N+](=O)[O-])cc2[N+](=O)[O-])c(Cl)c1)C(=O)Nc1cccc(Cl)c1. The first-order valence-corrected chi connectivity index (χ1v) is 10.5. The second kappa shape index (κ2) is 10.8. The number of rotatable bonds is 7. The number of nitrogens with zero attached hydrogens (tertiary/aromatic N) is 3. The topological polar surface area (TPSA) is 148 Å². The van der Waals surface area contributed by atoms with Gasteiger partial charge in [0.15, 0.2) is 5.75 Å². The second-order valence-electron chi connectivity index (χ2n) is 6.72. The number of nitrogens with one attached hydrogen (secondary N) is 1. The zero-order chi connectivity index (χ0) is 25.7. The summed E-state index contributed by atoms with van der Waals surface area (Å²) < 4.78 is 5.49. The Morgan fingerprint density at radius 2 is 1.69 bits per heavy atom. The maximum absolute atomic E-state index is 12.5. The number of hydrogen-bond acceptors (Lipinski definition) is 7. The Kier molecular flexibility index (Phi) is 7.88. The van der Waals surface area contributed by atoms with E-state index >= 15 is 0 Å². The zero-order valence-corrected chi connectivity index (χ0v) is 19.5. The number of non-ortho nitro benzene ring substituents is 1. The number of nitriles is 1. The lowest BCUT2D eigenvalue weighted by Gasteiger charge is -2.11. The van der Waals surface area contributed by atoms with Crippen LogP contribution in [0.5, 0.6) is 11.5 Å². The molecule has 0 fully saturated rings.